The molecule has 0 saturated heterocycles. The summed E-state index contributed by atoms with van der Waals surface area (Å²) in [6.45, 7) is 3.79. The standard InChI is InChI=1S/C8H15N3O/c1-6(7(2)12)4-8-5-11(3)10-9-8/h5-7,12H,4H2,1-3H3. The van der Waals surface area contributed by atoms with Crippen molar-refractivity contribution in [1.29, 1.82) is 0 Å². The minimum atomic E-state index is -0.285. The van der Waals surface area contributed by atoms with Gasteiger partial charge in [-0.1, -0.05) is 12.1 Å². The van der Waals surface area contributed by atoms with Crippen molar-refractivity contribution >= 4 is 0 Å². The Balaban J connectivity index is 2.52. The number of aryl methyl sites for hydroxylation is 1. The number of rotatable bonds is 3. The van der Waals surface area contributed by atoms with Crippen molar-refractivity contribution in [1.82, 2.24) is 15.0 Å². The number of hydrogen-bond donors (Lipinski definition) is 1. The first-order chi connectivity index (χ1) is 5.59. The van der Waals surface area contributed by atoms with Crippen molar-refractivity contribution in [3.63, 3.8) is 0 Å². The van der Waals surface area contributed by atoms with E-state index in [4.69, 9.17) is 0 Å². The highest BCUT2D eigenvalue weighted by Gasteiger charge is 2.11. The van der Waals surface area contributed by atoms with Gasteiger partial charge in [-0.3, -0.25) is 4.68 Å². The van der Waals surface area contributed by atoms with Crippen LogP contribution >= 0.6 is 0 Å². The van der Waals surface area contributed by atoms with E-state index in [0.717, 1.165) is 12.1 Å². The number of aromatic nitrogens is 3. The van der Waals surface area contributed by atoms with Gasteiger partial charge in [0, 0.05) is 13.2 Å². The molecule has 0 aliphatic rings. The Kier molecular flexibility index (Phi) is 2.81. The predicted molar refractivity (Wildman–Crippen MR) is 45.6 cm³/mol. The van der Waals surface area contributed by atoms with Crippen molar-refractivity contribution in [2.24, 2.45) is 13.0 Å². The van der Waals surface area contributed by atoms with Crippen LogP contribution < -0.4 is 0 Å². The van der Waals surface area contributed by atoms with Crippen LogP contribution in [0.1, 0.15) is 19.5 Å². The van der Waals surface area contributed by atoms with Crippen molar-refractivity contribution in [2.75, 3.05) is 0 Å². The Morgan fingerprint density at radius 2 is 2.25 bits per heavy atom. The fourth-order valence-corrected chi connectivity index (χ4v) is 0.989. The van der Waals surface area contributed by atoms with Gasteiger partial charge in [0.2, 0.25) is 0 Å². The molecule has 12 heavy (non-hydrogen) atoms. The lowest BCUT2D eigenvalue weighted by Crippen LogP contribution is -2.15. The Morgan fingerprint density at radius 1 is 1.58 bits per heavy atom. The van der Waals surface area contributed by atoms with E-state index in [1.54, 1.807) is 11.6 Å². The first-order valence-electron chi connectivity index (χ1n) is 4.13. The van der Waals surface area contributed by atoms with Crippen molar-refractivity contribution in [3.8, 4) is 0 Å². The van der Waals surface area contributed by atoms with Gasteiger partial charge in [-0.05, 0) is 19.3 Å². The number of aliphatic hydroxyl groups is 1. The molecule has 1 rings (SSSR count). The fourth-order valence-electron chi connectivity index (χ4n) is 0.989. The van der Waals surface area contributed by atoms with Gasteiger partial charge in [0.05, 0.1) is 11.8 Å². The van der Waals surface area contributed by atoms with Gasteiger partial charge < -0.3 is 5.11 Å². The van der Waals surface area contributed by atoms with E-state index < -0.39 is 0 Å². The van der Waals surface area contributed by atoms with Gasteiger partial charge in [-0.15, -0.1) is 5.10 Å². The van der Waals surface area contributed by atoms with Crippen molar-refractivity contribution < 1.29 is 5.11 Å². The summed E-state index contributed by atoms with van der Waals surface area (Å²) in [5.74, 6) is 0.238. The maximum absolute atomic E-state index is 9.23. The molecule has 0 fully saturated rings. The molecule has 4 nitrogen and oxygen atoms in total. The summed E-state index contributed by atoms with van der Waals surface area (Å²) in [5, 5.41) is 17.0. The number of hydrogen-bond acceptors (Lipinski definition) is 3. The molecule has 0 aliphatic carbocycles. The van der Waals surface area contributed by atoms with Gasteiger partial charge in [-0.25, -0.2) is 0 Å². The first-order valence-corrected chi connectivity index (χ1v) is 4.13. The van der Waals surface area contributed by atoms with Gasteiger partial charge in [0.25, 0.3) is 0 Å². The molecule has 1 aromatic heterocycles. The molecular weight excluding hydrogens is 154 g/mol. The minimum absolute atomic E-state index is 0.238. The van der Waals surface area contributed by atoms with Crippen LogP contribution in [-0.4, -0.2) is 26.2 Å². The lowest BCUT2D eigenvalue weighted by molar-refractivity contribution is 0.134. The van der Waals surface area contributed by atoms with Crippen LogP contribution in [0.2, 0.25) is 0 Å². The van der Waals surface area contributed by atoms with Gasteiger partial charge in [0.1, 0.15) is 0 Å². The van der Waals surface area contributed by atoms with E-state index in [9.17, 15) is 5.11 Å². The summed E-state index contributed by atoms with van der Waals surface area (Å²) in [4.78, 5) is 0. The molecule has 0 radical (unpaired) electrons. The molecule has 1 N–H and O–H groups in total. The Bertz CT molecular complexity index is 244. The lowest BCUT2D eigenvalue weighted by Gasteiger charge is -2.11. The topological polar surface area (TPSA) is 50.9 Å². The monoisotopic (exact) mass is 169 g/mol. The van der Waals surface area contributed by atoms with Crippen LogP contribution in [0.5, 0.6) is 0 Å². The Labute approximate surface area is 72.2 Å². The van der Waals surface area contributed by atoms with E-state index in [-0.39, 0.29) is 12.0 Å². The van der Waals surface area contributed by atoms with Crippen LogP contribution in [0.25, 0.3) is 0 Å². The molecule has 0 spiro atoms. The molecule has 1 heterocycles. The number of nitrogens with zero attached hydrogens (tertiary/aromatic N) is 3. The summed E-state index contributed by atoms with van der Waals surface area (Å²) < 4.78 is 1.67. The van der Waals surface area contributed by atoms with E-state index >= 15 is 0 Å². The van der Waals surface area contributed by atoms with E-state index in [2.05, 4.69) is 10.3 Å². The zero-order valence-corrected chi connectivity index (χ0v) is 7.73. The SMILES string of the molecule is CC(O)C(C)Cc1cn(C)nn1. The molecule has 4 heteroatoms. The van der Waals surface area contributed by atoms with Gasteiger partial charge in [-0.2, -0.15) is 0 Å². The predicted octanol–water partition coefficient (Wildman–Crippen LogP) is 0.374. The van der Waals surface area contributed by atoms with Crippen LogP contribution in [0.15, 0.2) is 6.20 Å². The highest BCUT2D eigenvalue weighted by atomic mass is 16.3. The third-order valence-corrected chi connectivity index (χ3v) is 2.00. The van der Waals surface area contributed by atoms with E-state index in [1.807, 2.05) is 20.2 Å². The first kappa shape index (κ1) is 9.19. The summed E-state index contributed by atoms with van der Waals surface area (Å²) in [5.41, 5.74) is 0.936. The smallest absolute Gasteiger partial charge is 0.0830 e. The highest BCUT2D eigenvalue weighted by Crippen LogP contribution is 2.08. The average Bonchev–Trinajstić information content (AvgIpc) is 2.35. The largest absolute Gasteiger partial charge is 0.393 e. The van der Waals surface area contributed by atoms with Crippen molar-refractivity contribution in [2.45, 2.75) is 26.4 Å². The molecule has 1 aromatic rings. The average molecular weight is 169 g/mol. The Morgan fingerprint density at radius 3 is 2.67 bits per heavy atom. The zero-order chi connectivity index (χ0) is 9.14. The summed E-state index contributed by atoms with van der Waals surface area (Å²) in [6, 6.07) is 0. The molecule has 0 amide bonds. The molecule has 0 bridgehead atoms. The summed E-state index contributed by atoms with van der Waals surface area (Å²) in [7, 11) is 1.84. The second-order valence-corrected chi connectivity index (χ2v) is 3.31. The van der Waals surface area contributed by atoms with Crippen LogP contribution in [-0.2, 0) is 13.5 Å². The molecule has 2 atom stereocenters. The van der Waals surface area contributed by atoms with E-state index in [1.165, 1.54) is 0 Å². The highest BCUT2D eigenvalue weighted by molar-refractivity contribution is 4.93. The molecule has 0 saturated carbocycles. The normalized spacial score (nSPS) is 16.0. The van der Waals surface area contributed by atoms with Gasteiger partial charge in [0.15, 0.2) is 0 Å². The lowest BCUT2D eigenvalue weighted by atomic mass is 10.0. The summed E-state index contributed by atoms with van der Waals surface area (Å²) >= 11 is 0. The second-order valence-electron chi connectivity index (χ2n) is 3.31. The van der Waals surface area contributed by atoms with Gasteiger partial charge >= 0.3 is 0 Å². The molecule has 2 unspecified atom stereocenters. The van der Waals surface area contributed by atoms with Crippen molar-refractivity contribution in [3.05, 3.63) is 11.9 Å². The quantitative estimate of drug-likeness (QED) is 0.711. The molecule has 0 aliphatic heterocycles. The fraction of sp³-hybridized carbons (Fsp3) is 0.750. The molecule has 0 aromatic carbocycles. The minimum Gasteiger partial charge on any atom is -0.393 e. The number of aliphatic hydroxyl groups excluding tert-OH is 1. The Hall–Kier alpha value is -0.900. The third kappa shape index (κ3) is 2.30. The second kappa shape index (κ2) is 3.67. The maximum Gasteiger partial charge on any atom is 0.0830 e. The van der Waals surface area contributed by atoms with Crippen LogP contribution in [0.3, 0.4) is 0 Å². The molecule has 68 valence electrons. The third-order valence-electron chi connectivity index (χ3n) is 2.00. The van der Waals surface area contributed by atoms with E-state index in [0.29, 0.717) is 0 Å². The van der Waals surface area contributed by atoms with Crippen LogP contribution in [0.4, 0.5) is 0 Å². The summed E-state index contributed by atoms with van der Waals surface area (Å²) in [6.07, 6.45) is 2.37. The van der Waals surface area contributed by atoms with Crippen LogP contribution in [0, 0.1) is 5.92 Å². The molecular formula is C8H15N3O. The zero-order valence-electron chi connectivity index (χ0n) is 7.73. The maximum atomic E-state index is 9.23.